The topological polar surface area (TPSA) is 99.8 Å². The molecule has 168 valence electrons. The maximum atomic E-state index is 13.1. The Kier molecular flexibility index (Phi) is 4.88. The van der Waals surface area contributed by atoms with Crippen molar-refractivity contribution in [1.82, 2.24) is 14.8 Å². The van der Waals surface area contributed by atoms with E-state index in [4.69, 9.17) is 4.74 Å². The van der Waals surface area contributed by atoms with E-state index in [-0.39, 0.29) is 24.2 Å². The number of likely N-dealkylation sites (N-methyl/N-ethyl adjacent to an activating group) is 2. The molecule has 0 radical (unpaired) electrons. The summed E-state index contributed by atoms with van der Waals surface area (Å²) in [5.74, 6) is -0.0457. The quantitative estimate of drug-likeness (QED) is 0.766. The van der Waals surface area contributed by atoms with Crippen molar-refractivity contribution in [2.75, 3.05) is 20.6 Å². The molecule has 2 unspecified atom stereocenters. The monoisotopic (exact) mass is 447 g/mol. The third-order valence-electron chi connectivity index (χ3n) is 6.49. The molecule has 8 nitrogen and oxygen atoms in total. The summed E-state index contributed by atoms with van der Waals surface area (Å²) in [4.78, 5) is 31.6. The van der Waals surface area contributed by atoms with Crippen LogP contribution in [0.1, 0.15) is 56.1 Å². The zero-order valence-corrected chi connectivity index (χ0v) is 19.5. The molecule has 2 amide bonds. The molecular formula is C22H29N3O5S. The van der Waals surface area contributed by atoms with Crippen LogP contribution in [0.2, 0.25) is 0 Å². The van der Waals surface area contributed by atoms with Crippen molar-refractivity contribution in [2.45, 2.75) is 56.1 Å². The molecule has 31 heavy (non-hydrogen) atoms. The molecule has 3 heterocycles. The number of rotatable bonds is 3. The third-order valence-corrected chi connectivity index (χ3v) is 8.95. The number of nitrogens with zero attached hydrogens (tertiary/aromatic N) is 2. The maximum absolute atomic E-state index is 13.1. The van der Waals surface area contributed by atoms with Gasteiger partial charge in [0.05, 0.1) is 16.2 Å². The first-order chi connectivity index (χ1) is 14.4. The van der Waals surface area contributed by atoms with Crippen molar-refractivity contribution in [1.29, 1.82) is 0 Å². The number of H-pyrrole nitrogens is 1. The molecule has 4 rings (SSSR count). The molecule has 0 bridgehead atoms. The van der Waals surface area contributed by atoms with E-state index in [9.17, 15) is 18.0 Å². The summed E-state index contributed by atoms with van der Waals surface area (Å²) in [6.07, 6.45) is 3.68. The van der Waals surface area contributed by atoms with Crippen LogP contribution in [0.25, 0.3) is 0 Å². The zero-order chi connectivity index (χ0) is 22.9. The van der Waals surface area contributed by atoms with Crippen molar-refractivity contribution in [3.05, 3.63) is 46.6 Å². The molecule has 1 aromatic rings. The minimum Gasteiger partial charge on any atom is -0.476 e. The van der Waals surface area contributed by atoms with E-state index >= 15 is 0 Å². The summed E-state index contributed by atoms with van der Waals surface area (Å²) in [6, 6.07) is 1.86. The number of nitrogens with one attached hydrogen (secondary N) is 1. The third kappa shape index (κ3) is 3.21. The second-order valence-corrected chi connectivity index (χ2v) is 12.0. The molecule has 9 heteroatoms. The van der Waals surface area contributed by atoms with E-state index in [0.29, 0.717) is 29.3 Å². The van der Waals surface area contributed by atoms with Crippen LogP contribution in [0.5, 0.6) is 0 Å². The van der Waals surface area contributed by atoms with Crippen molar-refractivity contribution >= 4 is 21.7 Å². The zero-order valence-electron chi connectivity index (χ0n) is 18.7. The van der Waals surface area contributed by atoms with E-state index in [1.54, 1.807) is 59.0 Å². The standard InChI is InChI=1S/C22H29N3O5S/c1-12(2)31(28,29)13-9-15(16-11-24(5)20(26)18-14(16)7-8-23-18)19-17(10-13)25(6)21(27)22(3,4)30-19/h7-9,12-13,16,23H,10-11H2,1-6H3. The van der Waals surface area contributed by atoms with Crippen molar-refractivity contribution in [3.8, 4) is 0 Å². The van der Waals surface area contributed by atoms with Crippen molar-refractivity contribution < 1.29 is 22.7 Å². The van der Waals surface area contributed by atoms with Crippen molar-refractivity contribution in [3.63, 3.8) is 0 Å². The number of allylic oxidation sites excluding steroid dienone is 2. The van der Waals surface area contributed by atoms with Gasteiger partial charge in [-0.15, -0.1) is 0 Å². The Morgan fingerprint density at radius 3 is 2.55 bits per heavy atom. The van der Waals surface area contributed by atoms with Gasteiger partial charge in [0.25, 0.3) is 11.8 Å². The normalized spacial score (nSPS) is 26.0. The Labute approximate surface area is 182 Å². The average molecular weight is 448 g/mol. The van der Waals surface area contributed by atoms with Gasteiger partial charge in [-0.25, -0.2) is 8.42 Å². The van der Waals surface area contributed by atoms with Gasteiger partial charge in [-0.1, -0.05) is 6.08 Å². The van der Waals surface area contributed by atoms with Gasteiger partial charge in [0.15, 0.2) is 15.4 Å². The van der Waals surface area contributed by atoms with Crippen LogP contribution in [-0.2, 0) is 19.4 Å². The molecule has 2 atom stereocenters. The number of carbonyl (C=O) groups excluding carboxylic acids is 2. The van der Waals surface area contributed by atoms with E-state index < -0.39 is 25.9 Å². The lowest BCUT2D eigenvalue weighted by Crippen LogP contribution is -2.51. The van der Waals surface area contributed by atoms with Gasteiger partial charge in [-0.05, 0) is 39.3 Å². The van der Waals surface area contributed by atoms with Crippen LogP contribution in [-0.4, -0.2) is 71.8 Å². The minimum atomic E-state index is -3.47. The van der Waals surface area contributed by atoms with E-state index in [1.807, 2.05) is 6.07 Å². The summed E-state index contributed by atoms with van der Waals surface area (Å²) in [6.45, 7) is 7.14. The Hall–Kier alpha value is -2.55. The SMILES string of the molecule is CC(C)S(=O)(=O)C1C=C(C2CN(C)C(=O)c3[nH]ccc32)C2=C(C1)N(C)C(=O)C(C)(C)O2. The summed E-state index contributed by atoms with van der Waals surface area (Å²) in [5, 5.41) is -1.33. The number of ether oxygens (including phenoxy) is 1. The number of carbonyl (C=O) groups is 2. The Morgan fingerprint density at radius 1 is 1.23 bits per heavy atom. The Morgan fingerprint density at radius 2 is 1.90 bits per heavy atom. The van der Waals surface area contributed by atoms with Gasteiger partial charge < -0.3 is 19.5 Å². The Balaban J connectivity index is 1.91. The highest BCUT2D eigenvalue weighted by Gasteiger charge is 2.47. The lowest BCUT2D eigenvalue weighted by atomic mass is 9.82. The molecule has 3 aliphatic rings. The molecule has 1 aromatic heterocycles. The van der Waals surface area contributed by atoms with Crippen molar-refractivity contribution in [2.24, 2.45) is 0 Å². The summed E-state index contributed by atoms with van der Waals surface area (Å²) >= 11 is 0. The molecule has 0 saturated heterocycles. The minimum absolute atomic E-state index is 0.106. The van der Waals surface area contributed by atoms with Crippen LogP contribution < -0.4 is 0 Å². The molecule has 0 spiro atoms. The van der Waals surface area contributed by atoms with E-state index in [0.717, 1.165) is 5.56 Å². The second-order valence-electron chi connectivity index (χ2n) is 9.30. The highest BCUT2D eigenvalue weighted by Crippen LogP contribution is 2.45. The van der Waals surface area contributed by atoms with Gasteiger partial charge in [0.1, 0.15) is 11.5 Å². The summed E-state index contributed by atoms with van der Waals surface area (Å²) in [7, 11) is -0.0800. The molecule has 1 aliphatic carbocycles. The fourth-order valence-electron chi connectivity index (χ4n) is 4.62. The van der Waals surface area contributed by atoms with Crippen LogP contribution in [0, 0.1) is 0 Å². The predicted octanol–water partition coefficient (Wildman–Crippen LogP) is 2.18. The van der Waals surface area contributed by atoms with Crippen LogP contribution in [0.3, 0.4) is 0 Å². The van der Waals surface area contributed by atoms with E-state index in [1.165, 1.54) is 4.90 Å². The van der Waals surface area contributed by atoms with Gasteiger partial charge in [0.2, 0.25) is 0 Å². The fraction of sp³-hybridized carbons (Fsp3) is 0.545. The summed E-state index contributed by atoms with van der Waals surface area (Å²) < 4.78 is 32.5. The van der Waals surface area contributed by atoms with Gasteiger partial charge in [-0.3, -0.25) is 9.59 Å². The number of sulfone groups is 1. The first-order valence-electron chi connectivity index (χ1n) is 10.4. The number of hydrogen-bond donors (Lipinski definition) is 1. The predicted molar refractivity (Wildman–Crippen MR) is 116 cm³/mol. The molecule has 1 N–H and O–H groups in total. The molecule has 0 saturated carbocycles. The first kappa shape index (κ1) is 21.7. The smallest absolute Gasteiger partial charge is 0.270 e. The second kappa shape index (κ2) is 6.98. The van der Waals surface area contributed by atoms with E-state index in [2.05, 4.69) is 4.98 Å². The highest BCUT2D eigenvalue weighted by atomic mass is 32.2. The molecule has 0 fully saturated rings. The lowest BCUT2D eigenvalue weighted by molar-refractivity contribution is -0.151. The summed E-state index contributed by atoms with van der Waals surface area (Å²) in [5.41, 5.74) is 1.52. The number of aromatic nitrogens is 1. The molecular weight excluding hydrogens is 418 g/mol. The lowest BCUT2D eigenvalue weighted by Gasteiger charge is -2.44. The van der Waals surface area contributed by atoms with Crippen LogP contribution in [0.4, 0.5) is 0 Å². The average Bonchev–Trinajstić information content (AvgIpc) is 3.18. The maximum Gasteiger partial charge on any atom is 0.270 e. The molecule has 0 aromatic carbocycles. The van der Waals surface area contributed by atoms with Gasteiger partial charge >= 0.3 is 0 Å². The number of amides is 2. The largest absolute Gasteiger partial charge is 0.476 e. The number of aromatic amines is 1. The Bertz CT molecular complexity index is 1130. The van der Waals surface area contributed by atoms with Crippen LogP contribution in [0.15, 0.2) is 35.4 Å². The number of hydrogen-bond acceptors (Lipinski definition) is 5. The van der Waals surface area contributed by atoms with Crippen LogP contribution >= 0.6 is 0 Å². The van der Waals surface area contributed by atoms with Gasteiger partial charge in [-0.2, -0.15) is 0 Å². The first-order valence-corrected chi connectivity index (χ1v) is 12.0. The fourth-order valence-corrected chi connectivity index (χ4v) is 6.05. The van der Waals surface area contributed by atoms with Gasteiger partial charge in [0, 0.05) is 44.7 Å². The number of fused-ring (bicyclic) bond motifs is 1. The molecule has 2 aliphatic heterocycles. The highest BCUT2D eigenvalue weighted by molar-refractivity contribution is 7.92.